The number of unbranched alkanes of at least 4 members (excludes halogenated alkanes) is 24. The summed E-state index contributed by atoms with van der Waals surface area (Å²) < 4.78 is 0. The van der Waals surface area contributed by atoms with Gasteiger partial charge in [0.1, 0.15) is 0 Å². The maximum absolute atomic E-state index is 2.90. The fraction of sp³-hybridized carbons (Fsp3) is 1.00. The molecule has 0 rings (SSSR count). The molecule has 1 nitrogen and oxygen atoms in total. The third-order valence-corrected chi connectivity index (χ3v) is 8.81. The van der Waals surface area contributed by atoms with Crippen LogP contribution >= 0.6 is 0 Å². The van der Waals surface area contributed by atoms with Crippen LogP contribution in [0, 0.1) is 0 Å². The first-order valence-corrected chi connectivity index (χ1v) is 17.8. The maximum atomic E-state index is 2.90. The zero-order chi connectivity index (χ0) is 27.3. The molecule has 0 spiro atoms. The molecule has 0 N–H and O–H groups in total. The number of hydrogen-bond donors (Lipinski definition) is 0. The predicted molar refractivity (Wildman–Crippen MR) is 172 cm³/mol. The van der Waals surface area contributed by atoms with E-state index >= 15 is 0 Å². The number of rotatable bonds is 31. The number of nitrogens with zero attached hydrogens (tertiary/aromatic N) is 1. The lowest BCUT2D eigenvalue weighted by Crippen LogP contribution is -2.45. The molecule has 0 unspecified atom stereocenters. The molecule has 0 radical (unpaired) electrons. The highest BCUT2D eigenvalue weighted by molar-refractivity contribution is 4.81. The molecule has 0 aromatic carbocycles. The molecule has 0 fully saturated rings. The summed E-state index contributed by atoms with van der Waals surface area (Å²) in [6, 6.07) is 0. The summed E-state index contributed by atoms with van der Waals surface area (Å²) in [4.78, 5) is 2.90. The molecular weight excluding hydrogens is 446 g/mol. The summed E-state index contributed by atoms with van der Waals surface area (Å²) >= 11 is 0. The second kappa shape index (κ2) is 29.0. The lowest BCUT2D eigenvalue weighted by molar-refractivity contribution is 0.102. The van der Waals surface area contributed by atoms with Crippen LogP contribution in [0.4, 0.5) is 0 Å². The molecule has 0 saturated heterocycles. The molecule has 0 aliphatic carbocycles. The molecule has 0 bridgehead atoms. The van der Waals surface area contributed by atoms with E-state index < -0.39 is 0 Å². The van der Waals surface area contributed by atoms with Gasteiger partial charge < -0.3 is 0 Å². The van der Waals surface area contributed by atoms with Crippen LogP contribution in [-0.2, 0) is 0 Å². The van der Waals surface area contributed by atoms with Crippen molar-refractivity contribution < 1.29 is 0 Å². The highest BCUT2D eigenvalue weighted by Gasteiger charge is 2.25. The molecule has 0 saturated carbocycles. The Morgan fingerprint density at radius 3 is 0.865 bits per heavy atom. The van der Waals surface area contributed by atoms with Crippen molar-refractivity contribution in [1.29, 1.82) is 0 Å². The molecule has 0 aliphatic heterocycles. The third kappa shape index (κ3) is 26.0. The van der Waals surface area contributed by atoms with E-state index in [0.717, 1.165) is 0 Å². The van der Waals surface area contributed by atoms with Gasteiger partial charge in [-0.05, 0) is 46.2 Å². The van der Waals surface area contributed by atoms with Gasteiger partial charge in [0.25, 0.3) is 0 Å². The van der Waals surface area contributed by atoms with E-state index in [-0.39, 0.29) is 0 Å². The zero-order valence-corrected chi connectivity index (χ0v) is 27.2. The Kier molecular flexibility index (Phi) is 28.9. The van der Waals surface area contributed by atoms with Crippen molar-refractivity contribution in [3.63, 3.8) is 0 Å². The van der Waals surface area contributed by atoms with Crippen molar-refractivity contribution in [2.24, 2.45) is 0 Å². The van der Waals surface area contributed by atoms with Crippen LogP contribution < -0.4 is 0 Å². The average molecular weight is 522 g/mol. The highest BCUT2D eigenvalue weighted by atomic mass is 15.2. The van der Waals surface area contributed by atoms with Gasteiger partial charge in [-0.3, -0.25) is 4.90 Å². The van der Waals surface area contributed by atoms with Crippen molar-refractivity contribution in [3.8, 4) is 0 Å². The van der Waals surface area contributed by atoms with Gasteiger partial charge in [-0.25, -0.2) is 0 Å². The first-order chi connectivity index (χ1) is 18.1. The quantitative estimate of drug-likeness (QED) is 0.0820. The smallest absolute Gasteiger partial charge is 0.0153 e. The van der Waals surface area contributed by atoms with Gasteiger partial charge in [-0.1, -0.05) is 181 Å². The fourth-order valence-corrected chi connectivity index (χ4v) is 5.97. The first-order valence-electron chi connectivity index (χ1n) is 17.8. The van der Waals surface area contributed by atoms with Crippen LogP contribution in [0.3, 0.4) is 0 Å². The topological polar surface area (TPSA) is 3.24 Å². The summed E-state index contributed by atoms with van der Waals surface area (Å²) in [6.07, 6.45) is 40.3. The van der Waals surface area contributed by atoms with Crippen LogP contribution in [0.2, 0.25) is 0 Å². The lowest BCUT2D eigenvalue weighted by atomic mass is 9.93. The van der Waals surface area contributed by atoms with Crippen molar-refractivity contribution in [2.75, 3.05) is 13.1 Å². The molecule has 0 heterocycles. The molecule has 0 aromatic rings. The number of hydrogen-bond acceptors (Lipinski definition) is 1. The fourth-order valence-electron chi connectivity index (χ4n) is 5.97. The lowest BCUT2D eigenvalue weighted by Gasteiger charge is -2.39. The maximum Gasteiger partial charge on any atom is 0.0153 e. The van der Waals surface area contributed by atoms with E-state index in [4.69, 9.17) is 0 Å². The minimum absolute atomic E-state index is 0.378. The van der Waals surface area contributed by atoms with Crippen LogP contribution in [0.15, 0.2) is 0 Å². The second-order valence-corrected chi connectivity index (χ2v) is 13.0. The van der Waals surface area contributed by atoms with E-state index in [1.807, 2.05) is 0 Å². The van der Waals surface area contributed by atoms with Gasteiger partial charge in [0.15, 0.2) is 0 Å². The summed E-state index contributed by atoms with van der Waals surface area (Å²) in [5, 5.41) is 0. The summed E-state index contributed by atoms with van der Waals surface area (Å²) in [5.74, 6) is 0. The Morgan fingerprint density at radius 2 is 0.568 bits per heavy atom. The monoisotopic (exact) mass is 522 g/mol. The van der Waals surface area contributed by atoms with Gasteiger partial charge in [0, 0.05) is 5.54 Å². The van der Waals surface area contributed by atoms with E-state index in [2.05, 4.69) is 39.5 Å². The Morgan fingerprint density at radius 1 is 0.324 bits per heavy atom. The highest BCUT2D eigenvalue weighted by Crippen LogP contribution is 2.25. The van der Waals surface area contributed by atoms with E-state index in [9.17, 15) is 0 Å². The summed E-state index contributed by atoms with van der Waals surface area (Å²) in [6.45, 7) is 14.7. The van der Waals surface area contributed by atoms with Gasteiger partial charge in [-0.2, -0.15) is 0 Å². The van der Waals surface area contributed by atoms with Crippen LogP contribution in [0.5, 0.6) is 0 Å². The average Bonchev–Trinajstić information content (AvgIpc) is 2.88. The summed E-state index contributed by atoms with van der Waals surface area (Å²) in [7, 11) is 0. The molecule has 224 valence electrons. The first kappa shape index (κ1) is 37.0. The normalized spacial score (nSPS) is 12.2. The molecule has 0 atom stereocenters. The molecule has 1 heteroatoms. The van der Waals surface area contributed by atoms with Gasteiger partial charge in [-0.15, -0.1) is 0 Å². The van der Waals surface area contributed by atoms with E-state index in [1.54, 1.807) is 0 Å². The van der Waals surface area contributed by atoms with Crippen molar-refractivity contribution in [2.45, 2.75) is 220 Å². The Bertz CT molecular complexity index is 389. The Balaban J connectivity index is 4.12. The van der Waals surface area contributed by atoms with Crippen LogP contribution in [0.25, 0.3) is 0 Å². The Labute approximate surface area is 237 Å². The molecule has 0 amide bonds. The molecule has 37 heavy (non-hydrogen) atoms. The van der Waals surface area contributed by atoms with E-state index in [0.29, 0.717) is 5.54 Å². The zero-order valence-electron chi connectivity index (χ0n) is 27.2. The third-order valence-electron chi connectivity index (χ3n) is 8.81. The second-order valence-electron chi connectivity index (χ2n) is 13.0. The molecule has 0 aromatic heterocycles. The van der Waals surface area contributed by atoms with Gasteiger partial charge >= 0.3 is 0 Å². The SMILES string of the molecule is CCCCCCCCCCCCCN(CCCCCCCCCCCCC)C(C)(C)CCCCCCC. The van der Waals surface area contributed by atoms with Gasteiger partial charge in [0.2, 0.25) is 0 Å². The minimum Gasteiger partial charge on any atom is -0.298 e. The minimum atomic E-state index is 0.378. The standard InChI is InChI=1S/C36H75N/c1-6-9-12-15-17-19-21-23-25-28-31-34-37(36(4,5)33-30-27-14-11-8-3)35-32-29-26-24-22-20-18-16-13-10-7-2/h6-35H2,1-5H3. The van der Waals surface area contributed by atoms with Crippen molar-refractivity contribution in [3.05, 3.63) is 0 Å². The van der Waals surface area contributed by atoms with Crippen molar-refractivity contribution >= 4 is 0 Å². The van der Waals surface area contributed by atoms with Crippen LogP contribution in [0.1, 0.15) is 214 Å². The predicted octanol–water partition coefficient (Wildman–Crippen LogP) is 13.0. The van der Waals surface area contributed by atoms with Crippen molar-refractivity contribution in [1.82, 2.24) is 4.90 Å². The molecular formula is C36H75N. The summed E-state index contributed by atoms with van der Waals surface area (Å²) in [5.41, 5.74) is 0.378. The molecule has 0 aliphatic rings. The van der Waals surface area contributed by atoms with Crippen LogP contribution in [-0.4, -0.2) is 23.5 Å². The van der Waals surface area contributed by atoms with Gasteiger partial charge in [0.05, 0.1) is 0 Å². The van der Waals surface area contributed by atoms with E-state index in [1.165, 1.54) is 193 Å². The largest absolute Gasteiger partial charge is 0.298 e. The Hall–Kier alpha value is -0.0400.